The fraction of sp³-hybridized carbons (Fsp3) is 0.353. The van der Waals surface area contributed by atoms with Crippen LogP contribution in [0.15, 0.2) is 36.0 Å². The van der Waals surface area contributed by atoms with Crippen molar-refractivity contribution in [2.75, 3.05) is 20.6 Å². The van der Waals surface area contributed by atoms with E-state index in [1.807, 2.05) is 23.0 Å². The molecule has 2 aromatic heterocycles. The molecule has 0 radical (unpaired) electrons. The second kappa shape index (κ2) is 6.26. The van der Waals surface area contributed by atoms with E-state index in [0.29, 0.717) is 5.92 Å². The van der Waals surface area contributed by atoms with Crippen LogP contribution in [0.3, 0.4) is 0 Å². The van der Waals surface area contributed by atoms with E-state index in [9.17, 15) is 0 Å². The van der Waals surface area contributed by atoms with Crippen LogP contribution in [0, 0.1) is 0 Å². The Kier molecular flexibility index (Phi) is 4.38. The minimum absolute atomic E-state index is 0.422. The molecule has 4 heteroatoms. The molecule has 0 bridgehead atoms. The van der Waals surface area contributed by atoms with Crippen molar-refractivity contribution in [1.29, 1.82) is 0 Å². The zero-order valence-corrected chi connectivity index (χ0v) is 14.3. The van der Waals surface area contributed by atoms with Crippen molar-refractivity contribution in [1.82, 2.24) is 9.88 Å². The summed E-state index contributed by atoms with van der Waals surface area (Å²) in [5, 5.41) is 1.41. The summed E-state index contributed by atoms with van der Waals surface area (Å²) >= 11 is 3.70. The van der Waals surface area contributed by atoms with Gasteiger partial charge in [-0.3, -0.25) is 4.98 Å². The number of thiophene rings is 1. The lowest BCUT2D eigenvalue weighted by Crippen LogP contribution is -2.15. The standard InChI is InChI=1S/C17H20N2S2/c1-12(16-10-18-11-20-16)17-13-6-4-5-7-14(13)21-15(17)8-9-19(2)3/h4-7,10-12H,8-9H2,1-3H3/t12-/m0/s1. The summed E-state index contributed by atoms with van der Waals surface area (Å²) < 4.78 is 1.40. The van der Waals surface area contributed by atoms with Gasteiger partial charge < -0.3 is 4.90 Å². The van der Waals surface area contributed by atoms with E-state index in [-0.39, 0.29) is 0 Å². The van der Waals surface area contributed by atoms with Crippen molar-refractivity contribution < 1.29 is 0 Å². The van der Waals surface area contributed by atoms with Gasteiger partial charge in [-0.1, -0.05) is 25.1 Å². The molecule has 2 nitrogen and oxygen atoms in total. The van der Waals surface area contributed by atoms with Crippen LogP contribution < -0.4 is 0 Å². The molecule has 0 aliphatic rings. The fourth-order valence-corrected chi connectivity index (χ4v) is 4.66. The third kappa shape index (κ3) is 3.03. The monoisotopic (exact) mass is 316 g/mol. The molecule has 1 atom stereocenters. The molecule has 0 fully saturated rings. The van der Waals surface area contributed by atoms with Crippen molar-refractivity contribution in [3.05, 3.63) is 51.3 Å². The van der Waals surface area contributed by atoms with Crippen molar-refractivity contribution in [2.24, 2.45) is 0 Å². The maximum atomic E-state index is 4.25. The number of likely N-dealkylation sites (N-methyl/N-ethyl adjacent to an activating group) is 1. The van der Waals surface area contributed by atoms with E-state index in [0.717, 1.165) is 13.0 Å². The van der Waals surface area contributed by atoms with Crippen molar-refractivity contribution >= 4 is 32.8 Å². The quantitative estimate of drug-likeness (QED) is 0.683. The average molecular weight is 316 g/mol. The Morgan fingerprint density at radius 2 is 2.05 bits per heavy atom. The van der Waals surface area contributed by atoms with Crippen LogP contribution in [0.5, 0.6) is 0 Å². The fourth-order valence-electron chi connectivity index (χ4n) is 2.68. The van der Waals surface area contributed by atoms with Crippen LogP contribution in [0.2, 0.25) is 0 Å². The summed E-state index contributed by atoms with van der Waals surface area (Å²) in [5.74, 6) is 0.422. The van der Waals surface area contributed by atoms with Gasteiger partial charge in [-0.05, 0) is 37.5 Å². The highest BCUT2D eigenvalue weighted by atomic mass is 32.1. The van der Waals surface area contributed by atoms with Gasteiger partial charge in [-0.15, -0.1) is 22.7 Å². The highest BCUT2D eigenvalue weighted by molar-refractivity contribution is 7.19. The zero-order valence-electron chi connectivity index (χ0n) is 12.7. The van der Waals surface area contributed by atoms with Crippen molar-refractivity contribution in [3.63, 3.8) is 0 Å². The number of nitrogens with zero attached hydrogens (tertiary/aromatic N) is 2. The van der Waals surface area contributed by atoms with Gasteiger partial charge in [0.05, 0.1) is 5.51 Å². The molecular weight excluding hydrogens is 296 g/mol. The molecule has 0 aliphatic heterocycles. The third-order valence-electron chi connectivity index (χ3n) is 3.81. The molecule has 0 amide bonds. The number of fused-ring (bicyclic) bond motifs is 1. The first-order valence-corrected chi connectivity index (χ1v) is 8.90. The molecule has 0 N–H and O–H groups in total. The molecule has 1 aromatic carbocycles. The minimum Gasteiger partial charge on any atom is -0.309 e. The predicted molar refractivity (Wildman–Crippen MR) is 93.7 cm³/mol. The minimum atomic E-state index is 0.422. The van der Waals surface area contributed by atoms with Gasteiger partial charge in [0, 0.05) is 33.1 Å². The number of hydrogen-bond acceptors (Lipinski definition) is 4. The number of benzene rings is 1. The van der Waals surface area contributed by atoms with Crippen LogP contribution in [-0.4, -0.2) is 30.5 Å². The van der Waals surface area contributed by atoms with E-state index in [4.69, 9.17) is 0 Å². The highest BCUT2D eigenvalue weighted by Crippen LogP contribution is 2.40. The SMILES string of the molecule is C[C@@H](c1cncs1)c1c(CCN(C)C)sc2ccccc12. The maximum absolute atomic E-state index is 4.25. The van der Waals surface area contributed by atoms with E-state index in [2.05, 4.69) is 55.2 Å². The van der Waals surface area contributed by atoms with E-state index < -0.39 is 0 Å². The Morgan fingerprint density at radius 1 is 1.24 bits per heavy atom. The Balaban J connectivity index is 2.06. The van der Waals surface area contributed by atoms with Crippen LogP contribution in [0.1, 0.15) is 28.2 Å². The predicted octanol–water partition coefficient (Wildman–Crippen LogP) is 4.61. The van der Waals surface area contributed by atoms with E-state index >= 15 is 0 Å². The third-order valence-corrected chi connectivity index (χ3v) is 6.01. The Hall–Kier alpha value is -1.23. The van der Waals surface area contributed by atoms with E-state index in [1.54, 1.807) is 11.3 Å². The summed E-state index contributed by atoms with van der Waals surface area (Å²) in [6.07, 6.45) is 3.13. The first-order chi connectivity index (χ1) is 10.2. The van der Waals surface area contributed by atoms with Gasteiger partial charge in [-0.2, -0.15) is 0 Å². The summed E-state index contributed by atoms with van der Waals surface area (Å²) in [7, 11) is 4.28. The smallest absolute Gasteiger partial charge is 0.0794 e. The Labute approximate surface area is 134 Å². The zero-order chi connectivity index (χ0) is 14.8. The molecule has 0 spiro atoms. The summed E-state index contributed by atoms with van der Waals surface area (Å²) in [4.78, 5) is 9.38. The van der Waals surface area contributed by atoms with Gasteiger partial charge >= 0.3 is 0 Å². The number of hydrogen-bond donors (Lipinski definition) is 0. The Morgan fingerprint density at radius 3 is 2.76 bits per heavy atom. The van der Waals surface area contributed by atoms with E-state index in [1.165, 1.54) is 25.4 Å². The van der Waals surface area contributed by atoms with Gasteiger partial charge in [-0.25, -0.2) is 0 Å². The van der Waals surface area contributed by atoms with Gasteiger partial charge in [0.1, 0.15) is 0 Å². The first-order valence-electron chi connectivity index (χ1n) is 7.20. The largest absolute Gasteiger partial charge is 0.309 e. The second-order valence-corrected chi connectivity index (χ2v) is 7.67. The molecule has 2 heterocycles. The van der Waals surface area contributed by atoms with Crippen LogP contribution >= 0.6 is 22.7 Å². The molecule has 3 aromatic rings. The molecule has 3 rings (SSSR count). The molecule has 110 valence electrons. The number of thiazole rings is 1. The molecular formula is C17H20N2S2. The van der Waals surface area contributed by atoms with Gasteiger partial charge in [0.25, 0.3) is 0 Å². The highest BCUT2D eigenvalue weighted by Gasteiger charge is 2.20. The molecule has 0 unspecified atom stereocenters. The first kappa shape index (κ1) is 14.7. The number of rotatable bonds is 5. The van der Waals surface area contributed by atoms with Crippen LogP contribution in [-0.2, 0) is 6.42 Å². The summed E-state index contributed by atoms with van der Waals surface area (Å²) in [5.41, 5.74) is 3.43. The molecule has 0 saturated heterocycles. The maximum Gasteiger partial charge on any atom is 0.0794 e. The topological polar surface area (TPSA) is 16.1 Å². The number of aromatic nitrogens is 1. The molecule has 21 heavy (non-hydrogen) atoms. The van der Waals surface area contributed by atoms with Crippen LogP contribution in [0.25, 0.3) is 10.1 Å². The van der Waals surface area contributed by atoms with Gasteiger partial charge in [0.2, 0.25) is 0 Å². The summed E-state index contributed by atoms with van der Waals surface area (Å²) in [6.45, 7) is 3.40. The lowest BCUT2D eigenvalue weighted by atomic mass is 9.95. The molecule has 0 saturated carbocycles. The summed E-state index contributed by atoms with van der Waals surface area (Å²) in [6, 6.07) is 8.78. The Bertz CT molecular complexity index is 714. The lowest BCUT2D eigenvalue weighted by Gasteiger charge is -2.14. The molecule has 0 aliphatic carbocycles. The lowest BCUT2D eigenvalue weighted by molar-refractivity contribution is 0.414. The average Bonchev–Trinajstić information content (AvgIpc) is 3.11. The van der Waals surface area contributed by atoms with Gasteiger partial charge in [0.15, 0.2) is 0 Å². The van der Waals surface area contributed by atoms with Crippen LogP contribution in [0.4, 0.5) is 0 Å². The van der Waals surface area contributed by atoms with Crippen molar-refractivity contribution in [3.8, 4) is 0 Å². The normalized spacial score (nSPS) is 13.1. The second-order valence-electron chi connectivity index (χ2n) is 5.61. The van der Waals surface area contributed by atoms with Crippen molar-refractivity contribution in [2.45, 2.75) is 19.3 Å².